The third-order valence-corrected chi connectivity index (χ3v) is 2.94. The van der Waals surface area contributed by atoms with Crippen LogP contribution >= 0.6 is 0 Å². The van der Waals surface area contributed by atoms with E-state index in [0.717, 1.165) is 28.0 Å². The van der Waals surface area contributed by atoms with Gasteiger partial charge in [-0.05, 0) is 29.8 Å². The molecule has 0 spiro atoms. The fraction of sp³-hybridized carbons (Fsp3) is 0.133. The summed E-state index contributed by atoms with van der Waals surface area (Å²) in [5.74, 6) is 1.50. The third-order valence-electron chi connectivity index (χ3n) is 2.94. The summed E-state index contributed by atoms with van der Waals surface area (Å²) >= 11 is 0. The summed E-state index contributed by atoms with van der Waals surface area (Å²) in [7, 11) is 0. The van der Waals surface area contributed by atoms with Crippen molar-refractivity contribution in [1.29, 1.82) is 0 Å². The molecule has 0 unspecified atom stereocenters. The van der Waals surface area contributed by atoms with Crippen LogP contribution in [-0.2, 0) is 13.2 Å². The molecule has 0 aliphatic heterocycles. The van der Waals surface area contributed by atoms with Gasteiger partial charge in [-0.1, -0.05) is 12.1 Å². The van der Waals surface area contributed by atoms with Gasteiger partial charge in [0.25, 0.3) is 0 Å². The van der Waals surface area contributed by atoms with Crippen LogP contribution in [0.5, 0.6) is 5.75 Å². The highest BCUT2D eigenvalue weighted by Crippen LogP contribution is 2.23. The van der Waals surface area contributed by atoms with Crippen LogP contribution in [0.2, 0.25) is 0 Å². The minimum Gasteiger partial charge on any atom is -0.484 e. The maximum atomic E-state index is 5.73. The van der Waals surface area contributed by atoms with Gasteiger partial charge < -0.3 is 14.9 Å². The largest absolute Gasteiger partial charge is 0.484 e. The zero-order valence-electron chi connectivity index (χ0n) is 10.4. The molecule has 0 saturated heterocycles. The molecule has 3 rings (SSSR count). The molecule has 0 aliphatic carbocycles. The molecule has 2 N–H and O–H groups in total. The topological polar surface area (TPSA) is 61.3 Å². The fourth-order valence-electron chi connectivity index (χ4n) is 2.01. The lowest BCUT2D eigenvalue weighted by atomic mass is 10.1. The Balaban J connectivity index is 1.82. The highest BCUT2D eigenvalue weighted by atomic mass is 16.5. The standard InChI is InChI=1S/C15H14N2O2/c16-8-11-3-1-5-15-14(11)7-13(19-15)10-18-12-4-2-6-17-9-12/h1-7,9H,8,10,16H2. The molecule has 0 atom stereocenters. The van der Waals surface area contributed by atoms with Crippen molar-refractivity contribution in [3.05, 3.63) is 60.1 Å². The lowest BCUT2D eigenvalue weighted by Gasteiger charge is -2.01. The molecule has 2 aromatic heterocycles. The molecule has 1 aromatic carbocycles. The van der Waals surface area contributed by atoms with E-state index in [-0.39, 0.29) is 0 Å². The van der Waals surface area contributed by atoms with E-state index in [1.54, 1.807) is 12.4 Å². The molecule has 0 saturated carbocycles. The van der Waals surface area contributed by atoms with E-state index in [4.69, 9.17) is 14.9 Å². The molecule has 4 nitrogen and oxygen atoms in total. The summed E-state index contributed by atoms with van der Waals surface area (Å²) in [5, 5.41) is 1.05. The first-order chi connectivity index (χ1) is 9.36. The monoisotopic (exact) mass is 254 g/mol. The van der Waals surface area contributed by atoms with Gasteiger partial charge in [0, 0.05) is 18.1 Å². The number of hydrogen-bond donors (Lipinski definition) is 1. The van der Waals surface area contributed by atoms with E-state index in [2.05, 4.69) is 4.98 Å². The molecule has 2 heterocycles. The van der Waals surface area contributed by atoms with Crippen molar-refractivity contribution >= 4 is 11.0 Å². The van der Waals surface area contributed by atoms with Crippen LogP contribution in [0.4, 0.5) is 0 Å². The number of pyridine rings is 1. The van der Waals surface area contributed by atoms with E-state index in [0.29, 0.717) is 13.2 Å². The summed E-state index contributed by atoms with van der Waals surface area (Å²) in [6.07, 6.45) is 3.38. The minimum atomic E-state index is 0.379. The van der Waals surface area contributed by atoms with Gasteiger partial charge in [0.05, 0.1) is 6.20 Å². The van der Waals surface area contributed by atoms with Gasteiger partial charge in [-0.2, -0.15) is 0 Å². The second-order valence-corrected chi connectivity index (χ2v) is 4.22. The first kappa shape index (κ1) is 11.7. The number of nitrogens with two attached hydrogens (primary N) is 1. The van der Waals surface area contributed by atoms with Crippen LogP contribution in [0, 0.1) is 0 Å². The smallest absolute Gasteiger partial charge is 0.146 e. The lowest BCUT2D eigenvalue weighted by molar-refractivity contribution is 0.273. The van der Waals surface area contributed by atoms with Crippen molar-refractivity contribution < 1.29 is 9.15 Å². The Bertz CT molecular complexity index is 677. The van der Waals surface area contributed by atoms with E-state index < -0.39 is 0 Å². The van der Waals surface area contributed by atoms with Gasteiger partial charge in [0.2, 0.25) is 0 Å². The number of rotatable bonds is 4. The molecule has 3 aromatic rings. The average Bonchev–Trinajstić information content (AvgIpc) is 2.89. The summed E-state index contributed by atoms with van der Waals surface area (Å²) in [6, 6.07) is 11.6. The Morgan fingerprint density at radius 2 is 2.16 bits per heavy atom. The SMILES string of the molecule is NCc1cccc2oc(COc3cccnc3)cc12. The molecule has 96 valence electrons. The van der Waals surface area contributed by atoms with Gasteiger partial charge in [-0.3, -0.25) is 4.98 Å². The van der Waals surface area contributed by atoms with Crippen molar-refractivity contribution in [2.45, 2.75) is 13.2 Å². The van der Waals surface area contributed by atoms with Gasteiger partial charge >= 0.3 is 0 Å². The fourth-order valence-corrected chi connectivity index (χ4v) is 2.01. The Labute approximate surface area is 110 Å². The molecule has 0 aliphatic rings. The second-order valence-electron chi connectivity index (χ2n) is 4.22. The predicted octanol–water partition coefficient (Wildman–Crippen LogP) is 2.87. The third kappa shape index (κ3) is 2.44. The number of ether oxygens (including phenoxy) is 1. The quantitative estimate of drug-likeness (QED) is 0.777. The zero-order chi connectivity index (χ0) is 13.1. The Kier molecular flexibility index (Phi) is 3.16. The highest BCUT2D eigenvalue weighted by Gasteiger charge is 2.07. The van der Waals surface area contributed by atoms with Crippen molar-refractivity contribution in [2.24, 2.45) is 5.73 Å². The van der Waals surface area contributed by atoms with Gasteiger partial charge in [0.15, 0.2) is 0 Å². The number of hydrogen-bond acceptors (Lipinski definition) is 4. The number of benzene rings is 1. The summed E-state index contributed by atoms with van der Waals surface area (Å²) in [5.41, 5.74) is 7.63. The van der Waals surface area contributed by atoms with Crippen LogP contribution in [0.3, 0.4) is 0 Å². The van der Waals surface area contributed by atoms with Crippen molar-refractivity contribution in [3.63, 3.8) is 0 Å². The number of nitrogens with zero attached hydrogens (tertiary/aromatic N) is 1. The van der Waals surface area contributed by atoms with Crippen LogP contribution in [0.15, 0.2) is 53.2 Å². The summed E-state index contributed by atoms with van der Waals surface area (Å²) in [6.45, 7) is 0.879. The molecular weight excluding hydrogens is 240 g/mol. The normalized spacial score (nSPS) is 10.8. The molecule has 19 heavy (non-hydrogen) atoms. The van der Waals surface area contributed by atoms with Crippen molar-refractivity contribution in [3.8, 4) is 5.75 Å². The Morgan fingerprint density at radius 1 is 1.21 bits per heavy atom. The maximum absolute atomic E-state index is 5.73. The second kappa shape index (κ2) is 5.12. The van der Waals surface area contributed by atoms with Crippen molar-refractivity contribution in [1.82, 2.24) is 4.98 Å². The highest BCUT2D eigenvalue weighted by molar-refractivity contribution is 5.81. The number of fused-ring (bicyclic) bond motifs is 1. The number of aromatic nitrogens is 1. The Morgan fingerprint density at radius 3 is 2.95 bits per heavy atom. The lowest BCUT2D eigenvalue weighted by Crippen LogP contribution is -1.95. The van der Waals surface area contributed by atoms with E-state index >= 15 is 0 Å². The van der Waals surface area contributed by atoms with Crippen LogP contribution in [0.25, 0.3) is 11.0 Å². The minimum absolute atomic E-state index is 0.379. The van der Waals surface area contributed by atoms with Crippen LogP contribution < -0.4 is 10.5 Å². The molecule has 0 fully saturated rings. The molecule has 0 radical (unpaired) electrons. The van der Waals surface area contributed by atoms with Gasteiger partial charge in [-0.25, -0.2) is 0 Å². The van der Waals surface area contributed by atoms with E-state index in [1.807, 2.05) is 36.4 Å². The molecule has 0 bridgehead atoms. The Hall–Kier alpha value is -2.33. The zero-order valence-corrected chi connectivity index (χ0v) is 10.4. The summed E-state index contributed by atoms with van der Waals surface area (Å²) < 4.78 is 11.3. The molecule has 4 heteroatoms. The van der Waals surface area contributed by atoms with E-state index in [9.17, 15) is 0 Å². The first-order valence-electron chi connectivity index (χ1n) is 6.10. The van der Waals surface area contributed by atoms with Gasteiger partial charge in [-0.15, -0.1) is 0 Å². The van der Waals surface area contributed by atoms with E-state index in [1.165, 1.54) is 0 Å². The van der Waals surface area contributed by atoms with Crippen molar-refractivity contribution in [2.75, 3.05) is 0 Å². The van der Waals surface area contributed by atoms with Crippen LogP contribution in [-0.4, -0.2) is 4.98 Å². The first-order valence-corrected chi connectivity index (χ1v) is 6.10. The number of furan rings is 1. The predicted molar refractivity (Wildman–Crippen MR) is 72.7 cm³/mol. The molecular formula is C15H14N2O2. The maximum Gasteiger partial charge on any atom is 0.146 e. The summed E-state index contributed by atoms with van der Waals surface area (Å²) in [4.78, 5) is 3.99. The van der Waals surface area contributed by atoms with Gasteiger partial charge in [0.1, 0.15) is 23.7 Å². The average molecular weight is 254 g/mol. The molecule has 0 amide bonds. The van der Waals surface area contributed by atoms with Crippen LogP contribution in [0.1, 0.15) is 11.3 Å².